The van der Waals surface area contributed by atoms with Gasteiger partial charge in [-0.3, -0.25) is 0 Å². The Morgan fingerprint density at radius 1 is 0.853 bits per heavy atom. The number of rotatable bonds is 11. The third-order valence-corrected chi connectivity index (χ3v) is 11.4. The van der Waals surface area contributed by atoms with E-state index in [4.69, 9.17) is 4.43 Å². The van der Waals surface area contributed by atoms with Crippen LogP contribution in [-0.4, -0.2) is 27.0 Å². The second kappa shape index (κ2) is 12.1. The van der Waals surface area contributed by atoms with E-state index in [1.165, 1.54) is 15.9 Å². The van der Waals surface area contributed by atoms with E-state index in [0.29, 0.717) is 0 Å². The Hall–Kier alpha value is -2.72. The van der Waals surface area contributed by atoms with E-state index in [9.17, 15) is 0 Å². The lowest BCUT2D eigenvalue weighted by molar-refractivity contribution is 0.225. The van der Waals surface area contributed by atoms with Crippen LogP contribution in [0.1, 0.15) is 33.3 Å². The summed E-state index contributed by atoms with van der Waals surface area (Å²) in [7, 11) is -2.62. The molecule has 3 aromatic rings. The van der Waals surface area contributed by atoms with Crippen molar-refractivity contribution in [1.29, 1.82) is 0 Å². The molecule has 0 spiro atoms. The van der Waals surface area contributed by atoms with Crippen LogP contribution in [0.5, 0.6) is 0 Å². The topological polar surface area (TPSA) is 21.3 Å². The predicted octanol–water partition coefficient (Wildman–Crippen LogP) is 5.89. The first kappa shape index (κ1) is 25.9. The quantitative estimate of drug-likeness (QED) is 0.279. The van der Waals surface area contributed by atoms with Gasteiger partial charge in [-0.05, 0) is 34.3 Å². The third-order valence-electron chi connectivity index (χ3n) is 6.32. The van der Waals surface area contributed by atoms with Crippen LogP contribution in [0.2, 0.25) is 5.04 Å². The molecular weight excluding hydrogens is 430 g/mol. The zero-order valence-electron chi connectivity index (χ0n) is 21.1. The highest BCUT2D eigenvalue weighted by Gasteiger charge is 2.51. The molecule has 3 aromatic carbocycles. The van der Waals surface area contributed by atoms with E-state index in [2.05, 4.69) is 143 Å². The monoisotopic (exact) mass is 469 g/mol. The van der Waals surface area contributed by atoms with Crippen LogP contribution in [0.15, 0.2) is 116 Å². The second-order valence-electron chi connectivity index (χ2n) is 9.79. The molecule has 1 N–H and O–H groups in total. The van der Waals surface area contributed by atoms with Crippen LogP contribution >= 0.6 is 0 Å². The zero-order valence-corrected chi connectivity index (χ0v) is 22.1. The summed E-state index contributed by atoms with van der Waals surface area (Å²) in [5, 5.41) is 6.25. The molecule has 178 valence electrons. The van der Waals surface area contributed by atoms with Gasteiger partial charge in [0, 0.05) is 12.6 Å². The summed E-state index contributed by atoms with van der Waals surface area (Å²) >= 11 is 0. The van der Waals surface area contributed by atoms with Crippen LogP contribution in [0.3, 0.4) is 0 Å². The van der Waals surface area contributed by atoms with Crippen molar-refractivity contribution in [3.05, 3.63) is 121 Å². The van der Waals surface area contributed by atoms with Crippen molar-refractivity contribution in [3.63, 3.8) is 0 Å². The van der Waals surface area contributed by atoms with Crippen molar-refractivity contribution >= 4 is 18.7 Å². The number of hydrogen-bond donors (Lipinski definition) is 1. The molecule has 0 aromatic heterocycles. The Kier molecular flexibility index (Phi) is 9.23. The summed E-state index contributed by atoms with van der Waals surface area (Å²) in [5.41, 5.74) is 1.30. The van der Waals surface area contributed by atoms with Gasteiger partial charge in [0.15, 0.2) is 0 Å². The molecule has 0 bridgehead atoms. The zero-order chi connectivity index (χ0) is 24.4. The van der Waals surface area contributed by atoms with Gasteiger partial charge < -0.3 is 9.74 Å². The molecule has 0 aliphatic rings. The number of hydrogen-bond acceptors (Lipinski definition) is 2. The minimum Gasteiger partial charge on any atom is -0.400 e. The SMILES string of the molecule is C=C[C@H](Cc1ccccc1)NC[C@@H](/C=C/C)O[Si](c1ccccc1)(c1ccccc1)C(C)(C)C. The molecule has 34 heavy (non-hydrogen) atoms. The van der Waals surface area contributed by atoms with Crippen molar-refractivity contribution in [2.75, 3.05) is 6.54 Å². The van der Waals surface area contributed by atoms with Gasteiger partial charge in [-0.2, -0.15) is 0 Å². The maximum Gasteiger partial charge on any atom is 0.261 e. The van der Waals surface area contributed by atoms with Crippen LogP contribution in [0, 0.1) is 0 Å². The van der Waals surface area contributed by atoms with Gasteiger partial charge in [-0.1, -0.05) is 130 Å². The van der Waals surface area contributed by atoms with Crippen LogP contribution in [-0.2, 0) is 10.8 Å². The molecule has 0 heterocycles. The highest BCUT2D eigenvalue weighted by atomic mass is 28.4. The summed E-state index contributed by atoms with van der Waals surface area (Å²) < 4.78 is 7.32. The summed E-state index contributed by atoms with van der Waals surface area (Å²) in [6.45, 7) is 13.8. The number of nitrogens with one attached hydrogen (secondary N) is 1. The largest absolute Gasteiger partial charge is 0.400 e. The van der Waals surface area contributed by atoms with Crippen molar-refractivity contribution in [3.8, 4) is 0 Å². The lowest BCUT2D eigenvalue weighted by Crippen LogP contribution is -2.68. The standard InChI is InChI=1S/C31H39NOSi/c1-6-17-28(25-32-27(7-2)24-26-18-11-8-12-19-26)33-34(31(3,4)5,29-20-13-9-14-21-29)30-22-15-10-16-23-30/h6-23,27-28,32H,2,24-25H2,1,3-5H3/b17-6+/t27-,28-/m1/s1. The lowest BCUT2D eigenvalue weighted by Gasteiger charge is -2.45. The van der Waals surface area contributed by atoms with Gasteiger partial charge in [0.2, 0.25) is 0 Å². The Labute approximate surface area is 207 Å². The van der Waals surface area contributed by atoms with E-state index in [1.54, 1.807) is 0 Å². The van der Waals surface area contributed by atoms with Gasteiger partial charge in [0.1, 0.15) is 0 Å². The number of allylic oxidation sites excluding steroid dienone is 1. The van der Waals surface area contributed by atoms with E-state index < -0.39 is 8.32 Å². The summed E-state index contributed by atoms with van der Waals surface area (Å²) in [6, 6.07) is 32.4. The predicted molar refractivity (Wildman–Crippen MR) is 149 cm³/mol. The Morgan fingerprint density at radius 3 is 1.79 bits per heavy atom. The van der Waals surface area contributed by atoms with E-state index >= 15 is 0 Å². The summed E-state index contributed by atoms with van der Waals surface area (Å²) in [4.78, 5) is 0. The van der Waals surface area contributed by atoms with Gasteiger partial charge in [0.25, 0.3) is 8.32 Å². The maximum atomic E-state index is 7.32. The van der Waals surface area contributed by atoms with E-state index in [1.807, 2.05) is 6.08 Å². The van der Waals surface area contributed by atoms with E-state index in [0.717, 1.165) is 13.0 Å². The fourth-order valence-corrected chi connectivity index (χ4v) is 9.29. The minimum atomic E-state index is -2.62. The molecule has 0 amide bonds. The molecule has 0 radical (unpaired) electrons. The van der Waals surface area contributed by atoms with Gasteiger partial charge >= 0.3 is 0 Å². The smallest absolute Gasteiger partial charge is 0.261 e. The first-order chi connectivity index (χ1) is 16.4. The van der Waals surface area contributed by atoms with Crippen molar-refractivity contribution in [1.82, 2.24) is 5.32 Å². The molecule has 0 aliphatic heterocycles. The van der Waals surface area contributed by atoms with Crippen LogP contribution in [0.25, 0.3) is 0 Å². The molecule has 0 saturated carbocycles. The Balaban J connectivity index is 1.93. The fourth-order valence-electron chi connectivity index (χ4n) is 4.66. The van der Waals surface area contributed by atoms with Gasteiger partial charge in [-0.15, -0.1) is 6.58 Å². The Morgan fingerprint density at radius 2 is 1.35 bits per heavy atom. The molecule has 0 unspecified atom stereocenters. The van der Waals surface area contributed by atoms with Crippen molar-refractivity contribution in [2.24, 2.45) is 0 Å². The van der Waals surface area contributed by atoms with E-state index in [-0.39, 0.29) is 17.2 Å². The van der Waals surface area contributed by atoms with Crippen LogP contribution in [0.4, 0.5) is 0 Å². The highest BCUT2D eigenvalue weighted by molar-refractivity contribution is 6.99. The first-order valence-corrected chi connectivity index (χ1v) is 14.1. The third kappa shape index (κ3) is 6.23. The van der Waals surface area contributed by atoms with Gasteiger partial charge in [-0.25, -0.2) is 0 Å². The molecule has 0 saturated heterocycles. The molecule has 3 rings (SSSR count). The highest BCUT2D eigenvalue weighted by Crippen LogP contribution is 2.37. The lowest BCUT2D eigenvalue weighted by atomic mass is 10.1. The molecule has 2 atom stereocenters. The molecule has 3 heteroatoms. The summed E-state index contributed by atoms with van der Waals surface area (Å²) in [5.74, 6) is 0. The fraction of sp³-hybridized carbons (Fsp3) is 0.290. The van der Waals surface area contributed by atoms with Gasteiger partial charge in [0.05, 0.1) is 6.10 Å². The average molecular weight is 470 g/mol. The minimum absolute atomic E-state index is 0.0581. The molecular formula is C31H39NOSi. The average Bonchev–Trinajstić information content (AvgIpc) is 2.85. The van der Waals surface area contributed by atoms with Crippen molar-refractivity contribution in [2.45, 2.75) is 51.3 Å². The summed E-state index contributed by atoms with van der Waals surface area (Å²) in [6.07, 6.45) is 7.14. The van der Waals surface area contributed by atoms with Crippen LogP contribution < -0.4 is 15.7 Å². The second-order valence-corrected chi connectivity index (χ2v) is 14.0. The first-order valence-electron chi connectivity index (χ1n) is 12.2. The van der Waals surface area contributed by atoms with Crippen molar-refractivity contribution < 1.29 is 4.43 Å². The number of benzene rings is 3. The molecule has 0 aliphatic carbocycles. The molecule has 0 fully saturated rings. The Bertz CT molecular complexity index is 986. The maximum absolute atomic E-state index is 7.32. The normalized spacial score (nSPS) is 14.1. The molecule has 2 nitrogen and oxygen atoms in total.